The molecule has 4 nitrogen and oxygen atoms in total. The monoisotopic (exact) mass is 432 g/mol. The summed E-state index contributed by atoms with van der Waals surface area (Å²) in [7, 11) is 0. The van der Waals surface area contributed by atoms with Crippen molar-refractivity contribution < 1.29 is 19.1 Å². The first kappa shape index (κ1) is 23.5. The maximum absolute atomic E-state index is 12.3. The van der Waals surface area contributed by atoms with Crippen LogP contribution in [0.3, 0.4) is 0 Å². The topological polar surface area (TPSA) is 52.6 Å². The van der Waals surface area contributed by atoms with Crippen molar-refractivity contribution in [1.82, 2.24) is 0 Å². The summed E-state index contributed by atoms with van der Waals surface area (Å²) >= 11 is 0. The van der Waals surface area contributed by atoms with Gasteiger partial charge in [-0.05, 0) is 74.6 Å². The van der Waals surface area contributed by atoms with Crippen LogP contribution in [-0.2, 0) is 22.4 Å². The van der Waals surface area contributed by atoms with Gasteiger partial charge in [0.05, 0.1) is 0 Å². The molecule has 1 aliphatic rings. The first-order valence-corrected chi connectivity index (χ1v) is 11.6. The Morgan fingerprint density at radius 3 is 1.44 bits per heavy atom. The Hall–Kier alpha value is -3.14. The molecular weight excluding hydrogens is 400 g/mol. The van der Waals surface area contributed by atoms with E-state index in [0.717, 1.165) is 49.7 Å². The van der Waals surface area contributed by atoms with Gasteiger partial charge in [0.2, 0.25) is 0 Å². The van der Waals surface area contributed by atoms with E-state index in [4.69, 9.17) is 9.47 Å². The van der Waals surface area contributed by atoms with Gasteiger partial charge in [-0.3, -0.25) is 9.59 Å². The summed E-state index contributed by atoms with van der Waals surface area (Å²) in [6.07, 6.45) is 15.9. The van der Waals surface area contributed by atoms with Gasteiger partial charge >= 0.3 is 11.9 Å². The van der Waals surface area contributed by atoms with Gasteiger partial charge in [-0.2, -0.15) is 0 Å². The van der Waals surface area contributed by atoms with E-state index in [9.17, 15) is 9.59 Å². The van der Waals surface area contributed by atoms with E-state index >= 15 is 0 Å². The maximum Gasteiger partial charge on any atom is 0.311 e. The Kier molecular flexibility index (Phi) is 9.78. The summed E-state index contributed by atoms with van der Waals surface area (Å²) in [5, 5.41) is 0. The Labute approximate surface area is 190 Å². The summed E-state index contributed by atoms with van der Waals surface area (Å²) in [6, 6.07) is 15.4. The summed E-state index contributed by atoms with van der Waals surface area (Å²) in [4.78, 5) is 24.5. The van der Waals surface area contributed by atoms with Crippen molar-refractivity contribution >= 4 is 11.9 Å². The van der Waals surface area contributed by atoms with E-state index in [1.54, 1.807) is 0 Å². The minimum absolute atomic E-state index is 0.178. The fraction of sp³-hybridized carbons (Fsp3) is 0.357. The third-order valence-electron chi connectivity index (χ3n) is 5.41. The fourth-order valence-electron chi connectivity index (χ4n) is 3.61. The van der Waals surface area contributed by atoms with Crippen LogP contribution in [0.25, 0.3) is 0 Å². The standard InChI is InChI=1S/C28H32O4/c29-27-21-9-5-1-3-7-15-23-17-11-13-19-25(23)32-28(30)22-10-6-2-4-8-16-24-18-12-14-20-26(24)31-27/h3-4,7-8,11-14,17-20H,1-2,5-6,9-10,15-16,21-22H2/b7-3-,8-4+. The smallest absolute Gasteiger partial charge is 0.311 e. The number of carbonyl (C=O) groups excluding carboxylic acids is 2. The highest BCUT2D eigenvalue weighted by atomic mass is 16.5. The number of carbonyl (C=O) groups is 2. The van der Waals surface area contributed by atoms with Gasteiger partial charge in [0.25, 0.3) is 0 Å². The molecule has 0 N–H and O–H groups in total. The Morgan fingerprint density at radius 1 is 0.531 bits per heavy atom. The normalized spacial score (nSPS) is 19.1. The lowest BCUT2D eigenvalue weighted by Crippen LogP contribution is -2.09. The highest BCUT2D eigenvalue weighted by molar-refractivity contribution is 5.73. The van der Waals surface area contributed by atoms with Gasteiger partial charge in [-0.25, -0.2) is 0 Å². The van der Waals surface area contributed by atoms with Crippen LogP contribution in [0.15, 0.2) is 72.8 Å². The van der Waals surface area contributed by atoms with Gasteiger partial charge in [-0.15, -0.1) is 0 Å². The second kappa shape index (κ2) is 13.3. The first-order valence-electron chi connectivity index (χ1n) is 11.6. The maximum atomic E-state index is 12.3. The molecule has 0 unspecified atom stereocenters. The van der Waals surface area contributed by atoms with Gasteiger partial charge in [0.15, 0.2) is 0 Å². The molecule has 0 saturated carbocycles. The molecular formula is C28H32O4. The van der Waals surface area contributed by atoms with Crippen molar-refractivity contribution in [1.29, 1.82) is 0 Å². The van der Waals surface area contributed by atoms with Gasteiger partial charge in [0, 0.05) is 12.8 Å². The number of rotatable bonds is 0. The van der Waals surface area contributed by atoms with E-state index in [1.165, 1.54) is 0 Å². The Morgan fingerprint density at radius 2 is 0.969 bits per heavy atom. The van der Waals surface area contributed by atoms with Gasteiger partial charge in [0.1, 0.15) is 11.5 Å². The van der Waals surface area contributed by atoms with E-state index in [-0.39, 0.29) is 11.9 Å². The van der Waals surface area contributed by atoms with Crippen LogP contribution in [0, 0.1) is 0 Å². The molecule has 32 heavy (non-hydrogen) atoms. The van der Waals surface area contributed by atoms with Crippen LogP contribution >= 0.6 is 0 Å². The molecule has 0 radical (unpaired) electrons. The lowest BCUT2D eigenvalue weighted by Gasteiger charge is -2.09. The zero-order chi connectivity index (χ0) is 22.4. The predicted molar refractivity (Wildman–Crippen MR) is 127 cm³/mol. The average molecular weight is 433 g/mol. The van der Waals surface area contributed by atoms with Gasteiger partial charge in [-0.1, -0.05) is 60.7 Å². The number of hydrogen-bond acceptors (Lipinski definition) is 4. The van der Waals surface area contributed by atoms with E-state index < -0.39 is 0 Å². The Bertz CT molecular complexity index is 864. The van der Waals surface area contributed by atoms with Crippen molar-refractivity contribution in [3.63, 3.8) is 0 Å². The number of benzene rings is 2. The predicted octanol–water partition coefficient (Wildman–Crippen LogP) is 6.53. The van der Waals surface area contributed by atoms with Crippen LogP contribution in [-0.4, -0.2) is 11.9 Å². The zero-order valence-corrected chi connectivity index (χ0v) is 18.6. The second-order valence-corrected chi connectivity index (χ2v) is 8.01. The molecule has 2 aromatic carbocycles. The number of esters is 2. The molecule has 0 fully saturated rings. The van der Waals surface area contributed by atoms with Crippen molar-refractivity contribution in [3.05, 3.63) is 84.0 Å². The zero-order valence-electron chi connectivity index (χ0n) is 18.6. The summed E-state index contributed by atoms with van der Waals surface area (Å²) in [5.41, 5.74) is 2.01. The number of para-hydroxylation sites is 2. The highest BCUT2D eigenvalue weighted by Gasteiger charge is 2.09. The van der Waals surface area contributed by atoms with Crippen molar-refractivity contribution in [2.45, 2.75) is 64.2 Å². The molecule has 1 heterocycles. The van der Waals surface area contributed by atoms with Crippen LogP contribution in [0.1, 0.15) is 62.5 Å². The molecule has 0 saturated heterocycles. The molecule has 0 atom stereocenters. The SMILES string of the molecule is O=C1CCCC/C=C/Cc2ccccc2OC(=O)CCCC/C=C\Cc2ccccc2O1. The third kappa shape index (κ3) is 8.18. The van der Waals surface area contributed by atoms with Crippen LogP contribution in [0.4, 0.5) is 0 Å². The lowest BCUT2D eigenvalue weighted by molar-refractivity contribution is -0.135. The highest BCUT2D eigenvalue weighted by Crippen LogP contribution is 2.22. The third-order valence-corrected chi connectivity index (χ3v) is 5.41. The Balaban J connectivity index is 1.63. The number of ether oxygens (including phenoxy) is 2. The molecule has 0 aliphatic carbocycles. The van der Waals surface area contributed by atoms with Gasteiger partial charge < -0.3 is 9.47 Å². The molecule has 0 bridgehead atoms. The molecule has 1 aliphatic heterocycles. The molecule has 0 spiro atoms. The van der Waals surface area contributed by atoms with E-state index in [2.05, 4.69) is 24.3 Å². The second-order valence-electron chi connectivity index (χ2n) is 8.01. The number of fused-ring (bicyclic) bond motifs is 2. The largest absolute Gasteiger partial charge is 0.426 e. The van der Waals surface area contributed by atoms with E-state index in [1.807, 2.05) is 48.5 Å². The lowest BCUT2D eigenvalue weighted by atomic mass is 10.1. The average Bonchev–Trinajstić information content (AvgIpc) is 2.79. The molecule has 0 aromatic heterocycles. The quantitative estimate of drug-likeness (QED) is 0.270. The van der Waals surface area contributed by atoms with Crippen LogP contribution < -0.4 is 9.47 Å². The molecule has 2 aromatic rings. The molecule has 0 amide bonds. The fourth-order valence-corrected chi connectivity index (χ4v) is 3.61. The summed E-state index contributed by atoms with van der Waals surface area (Å²) in [5.74, 6) is 0.933. The molecule has 168 valence electrons. The molecule has 3 rings (SSSR count). The van der Waals surface area contributed by atoms with Crippen molar-refractivity contribution in [2.75, 3.05) is 0 Å². The summed E-state index contributed by atoms with van der Waals surface area (Å²) < 4.78 is 11.2. The summed E-state index contributed by atoms with van der Waals surface area (Å²) in [6.45, 7) is 0. The minimum Gasteiger partial charge on any atom is -0.426 e. The van der Waals surface area contributed by atoms with Crippen molar-refractivity contribution in [3.8, 4) is 11.5 Å². The first-order chi connectivity index (χ1) is 15.7. The number of hydrogen-bond donors (Lipinski definition) is 0. The molecule has 4 heteroatoms. The minimum atomic E-state index is -0.178. The number of allylic oxidation sites excluding steroid dienone is 4. The van der Waals surface area contributed by atoms with Crippen LogP contribution in [0.2, 0.25) is 0 Å². The van der Waals surface area contributed by atoms with Crippen LogP contribution in [0.5, 0.6) is 11.5 Å². The van der Waals surface area contributed by atoms with Crippen molar-refractivity contribution in [2.24, 2.45) is 0 Å². The van der Waals surface area contributed by atoms with E-state index in [0.29, 0.717) is 37.2 Å².